The molecular formula is C20H24N4O3. The largest absolute Gasteiger partial charge is 0.378 e. The van der Waals surface area contributed by atoms with Crippen molar-refractivity contribution in [1.82, 2.24) is 10.2 Å². The molecule has 7 nitrogen and oxygen atoms in total. The number of aliphatic imine (C=N–C) groups is 1. The summed E-state index contributed by atoms with van der Waals surface area (Å²) in [7, 11) is 3.90. The highest BCUT2D eigenvalue weighted by Gasteiger charge is 2.50. The summed E-state index contributed by atoms with van der Waals surface area (Å²) in [5, 5.41) is 2.34. The van der Waals surface area contributed by atoms with Crippen molar-refractivity contribution >= 4 is 35.4 Å². The van der Waals surface area contributed by atoms with Crippen LogP contribution in [0.1, 0.15) is 25.7 Å². The van der Waals surface area contributed by atoms with Crippen LogP contribution in [0.2, 0.25) is 0 Å². The predicted octanol–water partition coefficient (Wildman–Crippen LogP) is 2.34. The molecule has 3 fully saturated rings. The van der Waals surface area contributed by atoms with E-state index in [4.69, 9.17) is 0 Å². The highest BCUT2D eigenvalue weighted by molar-refractivity contribution is 6.23. The number of nitrogens with one attached hydrogen (secondary N) is 1. The van der Waals surface area contributed by atoms with Gasteiger partial charge in [-0.15, -0.1) is 0 Å². The molecule has 3 aliphatic rings. The maximum absolute atomic E-state index is 12.9. The third kappa shape index (κ3) is 3.22. The van der Waals surface area contributed by atoms with Crippen molar-refractivity contribution in [2.24, 2.45) is 22.7 Å². The second-order valence-corrected chi connectivity index (χ2v) is 7.91. The van der Waals surface area contributed by atoms with Gasteiger partial charge in [0, 0.05) is 32.0 Å². The number of nitrogens with zero attached hydrogens (tertiary/aromatic N) is 3. The van der Waals surface area contributed by atoms with Gasteiger partial charge in [0.2, 0.25) is 11.8 Å². The molecule has 0 spiro atoms. The van der Waals surface area contributed by atoms with Crippen LogP contribution < -0.4 is 10.2 Å². The lowest BCUT2D eigenvalue weighted by atomic mass is 9.92. The van der Waals surface area contributed by atoms with Crippen LogP contribution in [0, 0.1) is 17.8 Å². The molecule has 1 aromatic rings. The lowest BCUT2D eigenvalue weighted by molar-refractivity contribution is -0.141. The third-order valence-corrected chi connectivity index (χ3v) is 6.01. The monoisotopic (exact) mass is 368 g/mol. The first-order chi connectivity index (χ1) is 12.9. The first-order valence-electron chi connectivity index (χ1n) is 9.43. The Hall–Kier alpha value is -2.70. The standard InChI is InChI=1S/C20H24N4O3/c1-23(2)15-7-5-14(6-8-15)21-11-16-18(25)22-20(27)24(19(16)26)17-10-12-3-4-13(17)9-12/h5-8,11-13,16-17H,3-4,9-10H2,1-2H3,(H,22,25,27)/t12-,13-,16-,17-/m0/s1. The molecule has 7 heteroatoms. The molecule has 1 aliphatic heterocycles. The van der Waals surface area contributed by atoms with Gasteiger partial charge in [-0.1, -0.05) is 6.42 Å². The van der Waals surface area contributed by atoms with E-state index in [2.05, 4.69) is 10.3 Å². The highest BCUT2D eigenvalue weighted by atomic mass is 16.2. The summed E-state index contributed by atoms with van der Waals surface area (Å²) in [6, 6.07) is 6.83. The van der Waals surface area contributed by atoms with Gasteiger partial charge < -0.3 is 4.90 Å². The molecule has 0 unspecified atom stereocenters. The number of hydrogen-bond donors (Lipinski definition) is 1. The number of amides is 4. The molecule has 2 aliphatic carbocycles. The average Bonchev–Trinajstić information content (AvgIpc) is 3.25. The number of rotatable bonds is 4. The molecule has 142 valence electrons. The molecule has 4 amide bonds. The SMILES string of the molecule is CN(C)c1ccc(N=C[C@H]2C(=O)NC(=O)N([C@H]3C[C@H]4CC[C@H]3C4)C2=O)cc1. The Morgan fingerprint density at radius 1 is 1.11 bits per heavy atom. The van der Waals surface area contributed by atoms with Crippen molar-refractivity contribution in [3.8, 4) is 0 Å². The summed E-state index contributed by atoms with van der Waals surface area (Å²) in [6.45, 7) is 0. The third-order valence-electron chi connectivity index (χ3n) is 6.01. The molecule has 27 heavy (non-hydrogen) atoms. The normalized spacial score (nSPS) is 30.3. The van der Waals surface area contributed by atoms with Crippen LogP contribution in [0.3, 0.4) is 0 Å². The lowest BCUT2D eigenvalue weighted by Gasteiger charge is -2.36. The average molecular weight is 368 g/mol. The fraction of sp³-hybridized carbons (Fsp3) is 0.500. The number of anilines is 1. The van der Waals surface area contributed by atoms with Crippen molar-refractivity contribution in [3.63, 3.8) is 0 Å². The van der Waals surface area contributed by atoms with Gasteiger partial charge in [-0.25, -0.2) is 4.79 Å². The first kappa shape index (κ1) is 17.7. The number of hydrogen-bond acceptors (Lipinski definition) is 5. The summed E-state index contributed by atoms with van der Waals surface area (Å²) in [5.74, 6) is -1.14. The second-order valence-electron chi connectivity index (χ2n) is 7.91. The van der Waals surface area contributed by atoms with E-state index >= 15 is 0 Å². The summed E-state index contributed by atoms with van der Waals surface area (Å²) in [6.07, 6.45) is 5.52. The van der Waals surface area contributed by atoms with Crippen molar-refractivity contribution in [2.75, 3.05) is 19.0 Å². The van der Waals surface area contributed by atoms with E-state index in [-0.39, 0.29) is 6.04 Å². The first-order valence-corrected chi connectivity index (χ1v) is 9.43. The highest BCUT2D eigenvalue weighted by Crippen LogP contribution is 2.47. The summed E-state index contributed by atoms with van der Waals surface area (Å²) < 4.78 is 0. The molecule has 4 rings (SSSR count). The van der Waals surface area contributed by atoms with Gasteiger partial charge in [0.05, 0.1) is 5.69 Å². The molecular weight excluding hydrogens is 344 g/mol. The van der Waals surface area contributed by atoms with Gasteiger partial charge in [-0.2, -0.15) is 0 Å². The maximum atomic E-state index is 12.9. The van der Waals surface area contributed by atoms with Gasteiger partial charge >= 0.3 is 6.03 Å². The minimum Gasteiger partial charge on any atom is -0.378 e. The molecule has 0 radical (unpaired) electrons. The van der Waals surface area contributed by atoms with Crippen molar-refractivity contribution < 1.29 is 14.4 Å². The summed E-state index contributed by atoms with van der Waals surface area (Å²) in [4.78, 5) is 45.0. The fourth-order valence-electron chi connectivity index (χ4n) is 4.58. The van der Waals surface area contributed by atoms with E-state index in [0.717, 1.165) is 24.9 Å². The van der Waals surface area contributed by atoms with Crippen LogP contribution in [0.15, 0.2) is 29.3 Å². The Kier molecular flexibility index (Phi) is 4.45. The topological polar surface area (TPSA) is 82.1 Å². The smallest absolute Gasteiger partial charge is 0.331 e. The number of urea groups is 1. The number of benzene rings is 1. The van der Waals surface area contributed by atoms with Crippen molar-refractivity contribution in [2.45, 2.75) is 31.7 Å². The van der Waals surface area contributed by atoms with Crippen LogP contribution >= 0.6 is 0 Å². The number of imide groups is 2. The molecule has 1 saturated heterocycles. The van der Waals surface area contributed by atoms with Gasteiger partial charge in [-0.05, 0) is 55.4 Å². The van der Waals surface area contributed by atoms with E-state index in [1.54, 1.807) is 0 Å². The van der Waals surface area contributed by atoms with Gasteiger partial charge in [-0.3, -0.25) is 24.8 Å². The predicted molar refractivity (Wildman–Crippen MR) is 102 cm³/mol. The molecule has 4 atom stereocenters. The Morgan fingerprint density at radius 3 is 2.44 bits per heavy atom. The molecule has 2 bridgehead atoms. The van der Waals surface area contributed by atoms with Crippen LogP contribution in [-0.2, 0) is 9.59 Å². The van der Waals surface area contributed by atoms with Crippen molar-refractivity contribution in [3.05, 3.63) is 24.3 Å². The maximum Gasteiger partial charge on any atom is 0.331 e. The quantitative estimate of drug-likeness (QED) is 0.653. The Labute approximate surface area is 158 Å². The number of barbiturate groups is 1. The van der Waals surface area contributed by atoms with Gasteiger partial charge in [0.25, 0.3) is 0 Å². The van der Waals surface area contributed by atoms with Gasteiger partial charge in [0.15, 0.2) is 5.92 Å². The van der Waals surface area contributed by atoms with E-state index in [1.807, 2.05) is 43.3 Å². The zero-order chi connectivity index (χ0) is 19.1. The molecule has 0 aromatic heterocycles. The molecule has 1 N–H and O–H groups in total. The van der Waals surface area contributed by atoms with Crippen LogP contribution in [0.5, 0.6) is 0 Å². The van der Waals surface area contributed by atoms with E-state index in [1.165, 1.54) is 17.5 Å². The Balaban J connectivity index is 1.52. The number of carbonyl (C=O) groups is 3. The fourth-order valence-corrected chi connectivity index (χ4v) is 4.58. The molecule has 1 aromatic carbocycles. The molecule has 1 heterocycles. The number of carbonyl (C=O) groups excluding carboxylic acids is 3. The van der Waals surface area contributed by atoms with Crippen LogP contribution in [0.25, 0.3) is 0 Å². The molecule has 2 saturated carbocycles. The zero-order valence-electron chi connectivity index (χ0n) is 15.6. The minimum atomic E-state index is -1.06. The van der Waals surface area contributed by atoms with Crippen molar-refractivity contribution in [1.29, 1.82) is 0 Å². The second kappa shape index (κ2) is 6.79. The van der Waals surface area contributed by atoms with E-state index < -0.39 is 23.8 Å². The summed E-state index contributed by atoms with van der Waals surface area (Å²) in [5.41, 5.74) is 1.69. The minimum absolute atomic E-state index is 0.0837. The van der Waals surface area contributed by atoms with Crippen LogP contribution in [-0.4, -0.2) is 49.1 Å². The lowest BCUT2D eigenvalue weighted by Crippen LogP contribution is -2.62. The van der Waals surface area contributed by atoms with Crippen LogP contribution in [0.4, 0.5) is 16.2 Å². The van der Waals surface area contributed by atoms with E-state index in [9.17, 15) is 14.4 Å². The zero-order valence-corrected chi connectivity index (χ0v) is 15.6. The Morgan fingerprint density at radius 2 is 1.85 bits per heavy atom. The number of fused-ring (bicyclic) bond motifs is 2. The Bertz CT molecular complexity index is 802. The van der Waals surface area contributed by atoms with E-state index in [0.29, 0.717) is 17.5 Å². The summed E-state index contributed by atoms with van der Waals surface area (Å²) >= 11 is 0. The van der Waals surface area contributed by atoms with Gasteiger partial charge in [0.1, 0.15) is 0 Å².